The number of benzene rings is 2. The number of sulfonamides is 1. The van der Waals surface area contributed by atoms with Crippen molar-refractivity contribution < 1.29 is 12.8 Å². The van der Waals surface area contributed by atoms with E-state index in [1.165, 1.54) is 34.5 Å². The lowest BCUT2D eigenvalue weighted by molar-refractivity contribution is 0.325. The molecule has 1 saturated heterocycles. The molecule has 2 aromatic carbocycles. The van der Waals surface area contributed by atoms with E-state index in [1.807, 2.05) is 32.0 Å². The summed E-state index contributed by atoms with van der Waals surface area (Å²) in [5, 5.41) is 1.57. The van der Waals surface area contributed by atoms with Crippen LogP contribution in [0.2, 0.25) is 0 Å². The van der Waals surface area contributed by atoms with Gasteiger partial charge in [-0.15, -0.1) is 11.3 Å². The van der Waals surface area contributed by atoms with Crippen LogP contribution in [-0.4, -0.2) is 44.0 Å². The minimum absolute atomic E-state index is 0.191. The normalized spacial score (nSPS) is 16.9. The van der Waals surface area contributed by atoms with E-state index < -0.39 is 15.8 Å². The molecular formula is C23H27FN4O2S2. The second kappa shape index (κ2) is 9.56. The fourth-order valence-corrected chi connectivity index (χ4v) is 6.00. The van der Waals surface area contributed by atoms with E-state index in [4.69, 9.17) is 0 Å². The largest absolute Gasteiger partial charge is 0.367 e. The van der Waals surface area contributed by atoms with E-state index in [-0.39, 0.29) is 16.8 Å². The van der Waals surface area contributed by atoms with Gasteiger partial charge in [-0.05, 0) is 43.5 Å². The summed E-state index contributed by atoms with van der Waals surface area (Å²) in [5.74, 6) is -0.568. The highest BCUT2D eigenvalue weighted by Gasteiger charge is 2.29. The van der Waals surface area contributed by atoms with Gasteiger partial charge in [0.1, 0.15) is 10.7 Å². The molecule has 0 amide bonds. The van der Waals surface area contributed by atoms with Crippen LogP contribution in [0.25, 0.3) is 0 Å². The Hall–Kier alpha value is -2.49. The molecule has 6 nitrogen and oxygen atoms in total. The lowest BCUT2D eigenvalue weighted by Crippen LogP contribution is -2.38. The average molecular weight is 475 g/mol. The summed E-state index contributed by atoms with van der Waals surface area (Å²) in [6, 6.07) is 13.4. The van der Waals surface area contributed by atoms with Gasteiger partial charge in [0, 0.05) is 43.3 Å². The molecule has 1 fully saturated rings. The van der Waals surface area contributed by atoms with Gasteiger partial charge in [-0.1, -0.05) is 30.3 Å². The van der Waals surface area contributed by atoms with Gasteiger partial charge in [-0.25, -0.2) is 17.8 Å². The Bertz CT molecular complexity index is 1150. The number of hydrogen-bond donors (Lipinski definition) is 1. The van der Waals surface area contributed by atoms with Crippen LogP contribution in [0, 0.1) is 12.7 Å². The summed E-state index contributed by atoms with van der Waals surface area (Å²) < 4.78 is 42.7. The van der Waals surface area contributed by atoms with Crippen molar-refractivity contribution >= 4 is 32.9 Å². The third-order valence-corrected chi connectivity index (χ3v) is 7.75. The number of hydrogen-bond acceptors (Lipinski definition) is 6. The van der Waals surface area contributed by atoms with Gasteiger partial charge in [0.15, 0.2) is 5.82 Å². The molecular weight excluding hydrogens is 447 g/mol. The molecule has 1 atom stereocenters. The zero-order valence-electron chi connectivity index (χ0n) is 18.2. The van der Waals surface area contributed by atoms with Crippen molar-refractivity contribution in [3.63, 3.8) is 0 Å². The first-order valence-corrected chi connectivity index (χ1v) is 13.0. The molecule has 3 aromatic rings. The first kappa shape index (κ1) is 22.7. The monoisotopic (exact) mass is 474 g/mol. The van der Waals surface area contributed by atoms with Gasteiger partial charge in [0.25, 0.3) is 10.0 Å². The Morgan fingerprint density at radius 3 is 2.75 bits per heavy atom. The number of likely N-dealkylation sites (tertiary alicyclic amines) is 1. The molecule has 1 aliphatic rings. The number of rotatable bonds is 8. The molecule has 1 N–H and O–H groups in total. The number of halogens is 1. The molecule has 1 aromatic heterocycles. The maximum Gasteiger partial charge on any atom is 0.266 e. The third kappa shape index (κ3) is 4.95. The molecule has 9 heteroatoms. The van der Waals surface area contributed by atoms with Crippen LogP contribution in [0.5, 0.6) is 0 Å². The maximum atomic E-state index is 15.0. The fraction of sp³-hybridized carbons (Fsp3) is 0.348. The predicted molar refractivity (Wildman–Crippen MR) is 127 cm³/mol. The molecule has 32 heavy (non-hydrogen) atoms. The summed E-state index contributed by atoms with van der Waals surface area (Å²) >= 11 is 1.26. The Kier molecular flexibility index (Phi) is 6.78. The summed E-state index contributed by atoms with van der Waals surface area (Å²) in [5.41, 5.74) is 4.27. The van der Waals surface area contributed by atoms with Crippen LogP contribution in [0.15, 0.2) is 58.3 Å². The Balaban J connectivity index is 1.52. The number of anilines is 2. The molecule has 0 aliphatic carbocycles. The van der Waals surface area contributed by atoms with Gasteiger partial charge >= 0.3 is 0 Å². The van der Waals surface area contributed by atoms with Crippen LogP contribution in [0.4, 0.5) is 15.9 Å². The van der Waals surface area contributed by atoms with E-state index in [9.17, 15) is 8.42 Å². The molecule has 2 heterocycles. The molecule has 1 aliphatic heterocycles. The molecule has 170 valence electrons. The smallest absolute Gasteiger partial charge is 0.266 e. The van der Waals surface area contributed by atoms with Gasteiger partial charge in [0.05, 0.1) is 5.51 Å². The highest BCUT2D eigenvalue weighted by atomic mass is 32.2. The van der Waals surface area contributed by atoms with Crippen molar-refractivity contribution in [1.29, 1.82) is 0 Å². The van der Waals surface area contributed by atoms with Crippen LogP contribution >= 0.6 is 11.3 Å². The zero-order chi connectivity index (χ0) is 22.7. The van der Waals surface area contributed by atoms with E-state index in [1.54, 1.807) is 5.38 Å². The minimum Gasteiger partial charge on any atom is -0.367 e. The number of thiazole rings is 1. The van der Waals surface area contributed by atoms with Crippen molar-refractivity contribution in [2.24, 2.45) is 0 Å². The zero-order valence-corrected chi connectivity index (χ0v) is 19.8. The summed E-state index contributed by atoms with van der Waals surface area (Å²) in [6.07, 6.45) is 0.979. The van der Waals surface area contributed by atoms with Crippen molar-refractivity contribution in [3.8, 4) is 0 Å². The van der Waals surface area contributed by atoms with E-state index in [0.717, 1.165) is 37.3 Å². The second-order valence-corrected chi connectivity index (χ2v) is 10.4. The van der Waals surface area contributed by atoms with Crippen LogP contribution < -0.4 is 9.62 Å². The number of nitrogens with zero attached hydrogens (tertiary/aromatic N) is 3. The lowest BCUT2D eigenvalue weighted by atomic mass is 10.1. The first-order chi connectivity index (χ1) is 15.4. The summed E-state index contributed by atoms with van der Waals surface area (Å²) in [6.45, 7) is 7.34. The minimum atomic E-state index is -4.06. The molecule has 1 unspecified atom stereocenters. The lowest BCUT2D eigenvalue weighted by Gasteiger charge is -2.32. The topological polar surface area (TPSA) is 65.5 Å². The maximum absolute atomic E-state index is 15.0. The average Bonchev–Trinajstić information content (AvgIpc) is 3.43. The van der Waals surface area contributed by atoms with Crippen molar-refractivity contribution in [2.45, 2.75) is 37.8 Å². The van der Waals surface area contributed by atoms with Gasteiger partial charge in [-0.2, -0.15) is 0 Å². The molecule has 0 radical (unpaired) electrons. The van der Waals surface area contributed by atoms with E-state index >= 15 is 4.39 Å². The SMILES string of the molecule is CCN(c1cc(F)c(S(=O)(=O)Nc2cscn2)cc1C)C1CCN(Cc2ccccc2)C1. The Morgan fingerprint density at radius 2 is 2.06 bits per heavy atom. The van der Waals surface area contributed by atoms with Crippen LogP contribution in [0.1, 0.15) is 24.5 Å². The number of likely N-dealkylation sites (N-methyl/N-ethyl adjacent to an activating group) is 1. The molecule has 0 bridgehead atoms. The van der Waals surface area contributed by atoms with Crippen molar-refractivity contribution in [3.05, 3.63) is 70.3 Å². The van der Waals surface area contributed by atoms with E-state index in [2.05, 4.69) is 31.6 Å². The van der Waals surface area contributed by atoms with Gasteiger partial charge in [0.2, 0.25) is 0 Å². The fourth-order valence-electron chi connectivity index (χ4n) is 4.29. The molecule has 4 rings (SSSR count). The number of nitrogens with one attached hydrogen (secondary N) is 1. The number of aryl methyl sites for hydroxylation is 1. The first-order valence-electron chi connectivity index (χ1n) is 10.6. The number of aromatic nitrogens is 1. The molecule has 0 saturated carbocycles. The summed E-state index contributed by atoms with van der Waals surface area (Å²) in [4.78, 5) is 8.15. The van der Waals surface area contributed by atoms with Crippen molar-refractivity contribution in [2.75, 3.05) is 29.3 Å². The van der Waals surface area contributed by atoms with Crippen LogP contribution in [-0.2, 0) is 16.6 Å². The third-order valence-electron chi connectivity index (χ3n) is 5.80. The molecule has 0 spiro atoms. The van der Waals surface area contributed by atoms with Crippen molar-refractivity contribution in [1.82, 2.24) is 9.88 Å². The highest BCUT2D eigenvalue weighted by molar-refractivity contribution is 7.92. The van der Waals surface area contributed by atoms with Gasteiger partial charge < -0.3 is 4.90 Å². The summed E-state index contributed by atoms with van der Waals surface area (Å²) in [7, 11) is -4.06. The van der Waals surface area contributed by atoms with E-state index in [0.29, 0.717) is 6.54 Å². The quantitative estimate of drug-likeness (QED) is 0.521. The Labute approximate surface area is 192 Å². The highest BCUT2D eigenvalue weighted by Crippen LogP contribution is 2.31. The Morgan fingerprint density at radius 1 is 1.28 bits per heavy atom. The second-order valence-electron chi connectivity index (χ2n) is 8.00. The predicted octanol–water partition coefficient (Wildman–Crippen LogP) is 4.49. The standard InChI is InChI=1S/C23H27FN4O2S2/c1-3-28(19-9-10-27(14-19)13-18-7-5-4-6-8-18)21-12-20(24)22(11-17(21)2)32(29,30)26-23-15-31-16-25-23/h4-8,11-12,15-16,19,26H,3,9-10,13-14H2,1-2H3. The van der Waals surface area contributed by atoms with Gasteiger partial charge in [-0.3, -0.25) is 9.62 Å². The van der Waals surface area contributed by atoms with Crippen LogP contribution in [0.3, 0.4) is 0 Å².